The molecule has 2 N–H and O–H groups in total. The summed E-state index contributed by atoms with van der Waals surface area (Å²) in [4.78, 5) is 8.38. The van der Waals surface area contributed by atoms with E-state index in [9.17, 15) is 0 Å². The first-order valence-electron chi connectivity index (χ1n) is 7.66. The molecule has 8 heteroatoms. The lowest BCUT2D eigenvalue weighted by Gasteiger charge is -2.17. The summed E-state index contributed by atoms with van der Waals surface area (Å²) in [6.07, 6.45) is 0.882. The molecule has 0 radical (unpaired) electrons. The number of aromatic nitrogens is 4. The van der Waals surface area contributed by atoms with Gasteiger partial charge in [0.15, 0.2) is 11.8 Å². The molecule has 0 spiro atoms. The summed E-state index contributed by atoms with van der Waals surface area (Å²) in [6.45, 7) is 8.49. The Labute approximate surface area is 136 Å². The lowest BCUT2D eigenvalue weighted by molar-refractivity contribution is 0.386. The van der Waals surface area contributed by atoms with Crippen molar-refractivity contribution >= 4 is 5.96 Å². The first kappa shape index (κ1) is 17.0. The molecule has 2 aromatic heterocycles. The molecule has 126 valence electrons. The molecular formula is C15H25N7O. The second-order valence-corrected chi connectivity index (χ2v) is 5.68. The number of aliphatic imine (C=N–C) groups is 1. The van der Waals surface area contributed by atoms with Gasteiger partial charge in [-0.15, -0.1) is 0 Å². The Kier molecular flexibility index (Phi) is 5.36. The predicted molar refractivity (Wildman–Crippen MR) is 88.2 cm³/mol. The highest BCUT2D eigenvalue weighted by atomic mass is 16.5. The van der Waals surface area contributed by atoms with Gasteiger partial charge in [0.2, 0.25) is 5.89 Å². The lowest BCUT2D eigenvalue weighted by atomic mass is 10.1. The van der Waals surface area contributed by atoms with Crippen LogP contribution < -0.4 is 10.6 Å². The van der Waals surface area contributed by atoms with Crippen LogP contribution in [0.2, 0.25) is 0 Å². The smallest absolute Gasteiger partial charge is 0.223 e. The summed E-state index contributed by atoms with van der Waals surface area (Å²) in [5.41, 5.74) is 3.54. The molecule has 8 nitrogen and oxygen atoms in total. The van der Waals surface area contributed by atoms with Crippen LogP contribution in [0.3, 0.4) is 0 Å². The van der Waals surface area contributed by atoms with Crippen LogP contribution in [-0.2, 0) is 20.0 Å². The SMILES string of the molecule is CN=C(NCc1noc(C)n1)NC(C)Cc1c(C)nn(C)c1C. The zero-order valence-corrected chi connectivity index (χ0v) is 14.6. The molecule has 1 atom stereocenters. The van der Waals surface area contributed by atoms with Gasteiger partial charge in [-0.1, -0.05) is 5.16 Å². The van der Waals surface area contributed by atoms with Crippen LogP contribution in [0.5, 0.6) is 0 Å². The summed E-state index contributed by atoms with van der Waals surface area (Å²) >= 11 is 0. The fraction of sp³-hybridized carbons (Fsp3) is 0.600. The van der Waals surface area contributed by atoms with Gasteiger partial charge in [-0.05, 0) is 32.8 Å². The Bertz CT molecular complexity index is 686. The zero-order chi connectivity index (χ0) is 17.0. The highest BCUT2D eigenvalue weighted by molar-refractivity contribution is 5.79. The van der Waals surface area contributed by atoms with Gasteiger partial charge in [0.25, 0.3) is 0 Å². The van der Waals surface area contributed by atoms with E-state index in [-0.39, 0.29) is 6.04 Å². The van der Waals surface area contributed by atoms with Crippen LogP contribution in [0.1, 0.15) is 35.6 Å². The van der Waals surface area contributed by atoms with Crippen LogP contribution in [-0.4, -0.2) is 39.0 Å². The average Bonchev–Trinajstić information content (AvgIpc) is 3.02. The van der Waals surface area contributed by atoms with Crippen molar-refractivity contribution in [3.63, 3.8) is 0 Å². The van der Waals surface area contributed by atoms with Crippen molar-refractivity contribution in [1.29, 1.82) is 0 Å². The first-order valence-corrected chi connectivity index (χ1v) is 7.66. The third kappa shape index (κ3) is 4.30. The minimum absolute atomic E-state index is 0.217. The predicted octanol–water partition coefficient (Wildman–Crippen LogP) is 1.02. The van der Waals surface area contributed by atoms with E-state index in [0.717, 1.165) is 12.1 Å². The quantitative estimate of drug-likeness (QED) is 0.631. The molecule has 0 fully saturated rings. The number of guanidine groups is 1. The van der Waals surface area contributed by atoms with Gasteiger partial charge in [-0.3, -0.25) is 9.67 Å². The van der Waals surface area contributed by atoms with Crippen molar-refractivity contribution in [2.45, 2.75) is 46.7 Å². The van der Waals surface area contributed by atoms with Gasteiger partial charge in [0.05, 0.1) is 12.2 Å². The van der Waals surface area contributed by atoms with Crippen molar-refractivity contribution in [3.05, 3.63) is 28.7 Å². The topological polar surface area (TPSA) is 93.2 Å². The Hall–Kier alpha value is -2.38. The number of nitrogens with zero attached hydrogens (tertiary/aromatic N) is 5. The van der Waals surface area contributed by atoms with Gasteiger partial charge in [0, 0.05) is 32.8 Å². The lowest BCUT2D eigenvalue weighted by Crippen LogP contribution is -2.43. The molecule has 0 bridgehead atoms. The van der Waals surface area contributed by atoms with Crippen LogP contribution in [0.4, 0.5) is 0 Å². The minimum atomic E-state index is 0.217. The van der Waals surface area contributed by atoms with Gasteiger partial charge in [-0.25, -0.2) is 0 Å². The summed E-state index contributed by atoms with van der Waals surface area (Å²) in [5, 5.41) is 14.9. The summed E-state index contributed by atoms with van der Waals surface area (Å²) < 4.78 is 6.87. The molecule has 23 heavy (non-hydrogen) atoms. The molecule has 0 saturated carbocycles. The monoisotopic (exact) mass is 319 g/mol. The largest absolute Gasteiger partial charge is 0.354 e. The summed E-state index contributed by atoms with van der Waals surface area (Å²) in [7, 11) is 3.71. The van der Waals surface area contributed by atoms with E-state index in [0.29, 0.717) is 24.2 Å². The average molecular weight is 319 g/mol. The second-order valence-electron chi connectivity index (χ2n) is 5.68. The van der Waals surface area contributed by atoms with E-state index < -0.39 is 0 Å². The highest BCUT2D eigenvalue weighted by Gasteiger charge is 2.14. The molecule has 0 saturated heterocycles. The third-order valence-electron chi connectivity index (χ3n) is 3.76. The van der Waals surface area contributed by atoms with Crippen LogP contribution >= 0.6 is 0 Å². The Morgan fingerprint density at radius 1 is 1.35 bits per heavy atom. The maximum atomic E-state index is 4.95. The van der Waals surface area contributed by atoms with Crippen molar-refractivity contribution < 1.29 is 4.52 Å². The third-order valence-corrected chi connectivity index (χ3v) is 3.76. The fourth-order valence-corrected chi connectivity index (χ4v) is 2.47. The molecule has 2 heterocycles. The molecule has 0 amide bonds. The molecule has 0 aromatic carbocycles. The van der Waals surface area contributed by atoms with Gasteiger partial charge >= 0.3 is 0 Å². The molecule has 2 aromatic rings. The maximum Gasteiger partial charge on any atom is 0.223 e. The standard InChI is InChI=1S/C15H25N7O/c1-9(7-13-10(2)20-22(6)11(13)3)18-15(16-5)17-8-14-19-12(4)23-21-14/h9H,7-8H2,1-6H3,(H2,16,17,18). The molecule has 2 rings (SSSR count). The zero-order valence-electron chi connectivity index (χ0n) is 14.6. The Balaban J connectivity index is 1.90. The van der Waals surface area contributed by atoms with Crippen molar-refractivity contribution in [3.8, 4) is 0 Å². The van der Waals surface area contributed by atoms with Crippen LogP contribution in [0.15, 0.2) is 9.52 Å². The fourth-order valence-electron chi connectivity index (χ4n) is 2.47. The van der Waals surface area contributed by atoms with E-state index in [1.54, 1.807) is 14.0 Å². The Morgan fingerprint density at radius 3 is 2.61 bits per heavy atom. The molecular weight excluding hydrogens is 294 g/mol. The van der Waals surface area contributed by atoms with Gasteiger partial charge in [-0.2, -0.15) is 10.1 Å². The van der Waals surface area contributed by atoms with E-state index in [4.69, 9.17) is 4.52 Å². The highest BCUT2D eigenvalue weighted by Crippen LogP contribution is 2.14. The second kappa shape index (κ2) is 7.26. The number of hydrogen-bond acceptors (Lipinski definition) is 5. The summed E-state index contributed by atoms with van der Waals surface area (Å²) in [5.74, 6) is 1.87. The Morgan fingerprint density at radius 2 is 2.09 bits per heavy atom. The molecule has 0 aliphatic rings. The van der Waals surface area contributed by atoms with Crippen molar-refractivity contribution in [2.75, 3.05) is 7.05 Å². The number of hydrogen-bond donors (Lipinski definition) is 2. The first-order chi connectivity index (χ1) is 10.9. The minimum Gasteiger partial charge on any atom is -0.354 e. The molecule has 1 unspecified atom stereocenters. The number of nitrogens with one attached hydrogen (secondary N) is 2. The number of rotatable bonds is 5. The molecule has 0 aliphatic heterocycles. The van der Waals surface area contributed by atoms with Gasteiger partial charge < -0.3 is 15.2 Å². The van der Waals surface area contributed by atoms with Crippen LogP contribution in [0.25, 0.3) is 0 Å². The van der Waals surface area contributed by atoms with Crippen molar-refractivity contribution in [2.24, 2.45) is 12.0 Å². The van der Waals surface area contributed by atoms with E-state index >= 15 is 0 Å². The van der Waals surface area contributed by atoms with E-state index in [1.807, 2.05) is 18.7 Å². The summed E-state index contributed by atoms with van der Waals surface area (Å²) in [6, 6.07) is 0.217. The van der Waals surface area contributed by atoms with E-state index in [1.165, 1.54) is 11.3 Å². The number of aryl methyl sites for hydroxylation is 3. The van der Waals surface area contributed by atoms with Crippen molar-refractivity contribution in [1.82, 2.24) is 30.6 Å². The van der Waals surface area contributed by atoms with E-state index in [2.05, 4.69) is 44.7 Å². The van der Waals surface area contributed by atoms with Gasteiger partial charge in [0.1, 0.15) is 0 Å². The van der Waals surface area contributed by atoms with Crippen LogP contribution in [0, 0.1) is 20.8 Å². The maximum absolute atomic E-state index is 4.95. The molecule has 0 aliphatic carbocycles. The normalized spacial score (nSPS) is 13.2.